The lowest BCUT2D eigenvalue weighted by atomic mass is 10.1. The van der Waals surface area contributed by atoms with Crippen LogP contribution >= 0.6 is 11.6 Å². The van der Waals surface area contributed by atoms with E-state index in [9.17, 15) is 0 Å². The van der Waals surface area contributed by atoms with Gasteiger partial charge in [0, 0.05) is 30.8 Å². The SMILES string of the molecule is CNCc1cc(Cl)ccc1N(C)Cc1ccccc1C. The lowest BCUT2D eigenvalue weighted by molar-refractivity contribution is 0.805. The third-order valence-electron chi connectivity index (χ3n) is 3.49. The molecule has 20 heavy (non-hydrogen) atoms. The minimum absolute atomic E-state index is 0.781. The summed E-state index contributed by atoms with van der Waals surface area (Å²) >= 11 is 6.10. The molecule has 106 valence electrons. The zero-order chi connectivity index (χ0) is 14.5. The van der Waals surface area contributed by atoms with Crippen molar-refractivity contribution in [2.45, 2.75) is 20.0 Å². The number of hydrogen-bond acceptors (Lipinski definition) is 2. The Kier molecular flexibility index (Phi) is 5.05. The van der Waals surface area contributed by atoms with E-state index in [4.69, 9.17) is 11.6 Å². The molecule has 0 fully saturated rings. The van der Waals surface area contributed by atoms with Crippen LogP contribution in [-0.4, -0.2) is 14.1 Å². The van der Waals surface area contributed by atoms with E-state index in [2.05, 4.69) is 54.5 Å². The van der Waals surface area contributed by atoms with E-state index in [0.29, 0.717) is 0 Å². The minimum atomic E-state index is 0.781. The summed E-state index contributed by atoms with van der Waals surface area (Å²) in [6, 6.07) is 14.6. The van der Waals surface area contributed by atoms with Crippen LogP contribution in [-0.2, 0) is 13.1 Å². The molecule has 0 aromatic heterocycles. The fourth-order valence-corrected chi connectivity index (χ4v) is 2.58. The molecule has 0 bridgehead atoms. The van der Waals surface area contributed by atoms with Gasteiger partial charge in [0.05, 0.1) is 0 Å². The second-order valence-corrected chi connectivity index (χ2v) is 5.52. The number of benzene rings is 2. The summed E-state index contributed by atoms with van der Waals surface area (Å²) in [4.78, 5) is 2.27. The predicted octanol–water partition coefficient (Wildman–Crippen LogP) is 4.00. The van der Waals surface area contributed by atoms with Gasteiger partial charge in [-0.05, 0) is 48.9 Å². The van der Waals surface area contributed by atoms with Gasteiger partial charge in [-0.1, -0.05) is 35.9 Å². The molecule has 0 aliphatic rings. The maximum absolute atomic E-state index is 6.10. The van der Waals surface area contributed by atoms with Gasteiger partial charge in [0.1, 0.15) is 0 Å². The Hall–Kier alpha value is -1.51. The maximum atomic E-state index is 6.10. The molecule has 0 saturated heterocycles. The number of rotatable bonds is 5. The van der Waals surface area contributed by atoms with Crippen LogP contribution in [0.3, 0.4) is 0 Å². The Labute approximate surface area is 126 Å². The van der Waals surface area contributed by atoms with Gasteiger partial charge >= 0.3 is 0 Å². The summed E-state index contributed by atoms with van der Waals surface area (Å²) < 4.78 is 0. The molecule has 3 heteroatoms. The fraction of sp³-hybridized carbons (Fsp3) is 0.294. The second kappa shape index (κ2) is 6.78. The standard InChI is InChI=1S/C17H21ClN2/c1-13-6-4-5-7-14(13)12-20(3)17-9-8-16(18)10-15(17)11-19-2/h4-10,19H,11-12H2,1-3H3. The van der Waals surface area contributed by atoms with E-state index in [0.717, 1.165) is 18.1 Å². The van der Waals surface area contributed by atoms with Crippen molar-refractivity contribution in [3.05, 3.63) is 64.2 Å². The van der Waals surface area contributed by atoms with E-state index >= 15 is 0 Å². The fourth-order valence-electron chi connectivity index (χ4n) is 2.39. The third kappa shape index (κ3) is 3.53. The number of hydrogen-bond donors (Lipinski definition) is 1. The van der Waals surface area contributed by atoms with Crippen LogP contribution in [0.5, 0.6) is 0 Å². The van der Waals surface area contributed by atoms with Gasteiger partial charge in [-0.2, -0.15) is 0 Å². The smallest absolute Gasteiger partial charge is 0.0428 e. The van der Waals surface area contributed by atoms with Gasteiger partial charge in [0.15, 0.2) is 0 Å². The zero-order valence-electron chi connectivity index (χ0n) is 12.3. The van der Waals surface area contributed by atoms with Crippen LogP contribution < -0.4 is 10.2 Å². The molecule has 0 radical (unpaired) electrons. The Morgan fingerprint density at radius 1 is 1.10 bits per heavy atom. The van der Waals surface area contributed by atoms with Crippen molar-refractivity contribution in [2.75, 3.05) is 19.0 Å². The predicted molar refractivity (Wildman–Crippen MR) is 87.5 cm³/mol. The van der Waals surface area contributed by atoms with E-state index in [1.807, 2.05) is 19.2 Å². The Morgan fingerprint density at radius 2 is 1.85 bits per heavy atom. The molecule has 0 saturated carbocycles. The molecular formula is C17H21ClN2. The highest BCUT2D eigenvalue weighted by molar-refractivity contribution is 6.30. The largest absolute Gasteiger partial charge is 0.370 e. The monoisotopic (exact) mass is 288 g/mol. The van der Waals surface area contributed by atoms with E-state index in [1.54, 1.807) is 0 Å². The minimum Gasteiger partial charge on any atom is -0.370 e. The van der Waals surface area contributed by atoms with Crippen molar-refractivity contribution in [3.8, 4) is 0 Å². The van der Waals surface area contributed by atoms with Crippen molar-refractivity contribution in [1.82, 2.24) is 5.32 Å². The average Bonchev–Trinajstić information content (AvgIpc) is 2.42. The first-order valence-electron chi connectivity index (χ1n) is 6.80. The van der Waals surface area contributed by atoms with Crippen LogP contribution in [0.2, 0.25) is 5.02 Å². The second-order valence-electron chi connectivity index (χ2n) is 5.09. The molecule has 0 atom stereocenters. The molecular weight excluding hydrogens is 268 g/mol. The first kappa shape index (κ1) is 14.9. The van der Waals surface area contributed by atoms with Gasteiger partial charge in [0.25, 0.3) is 0 Å². The lowest BCUT2D eigenvalue weighted by Gasteiger charge is -2.23. The summed E-state index contributed by atoms with van der Waals surface area (Å²) in [5.74, 6) is 0. The molecule has 2 rings (SSSR count). The van der Waals surface area contributed by atoms with Gasteiger partial charge < -0.3 is 10.2 Å². The van der Waals surface area contributed by atoms with Crippen molar-refractivity contribution < 1.29 is 0 Å². The van der Waals surface area contributed by atoms with Crippen LogP contribution in [0.1, 0.15) is 16.7 Å². The summed E-state index contributed by atoms with van der Waals surface area (Å²) in [7, 11) is 4.07. The highest BCUT2D eigenvalue weighted by Crippen LogP contribution is 2.25. The molecule has 0 aliphatic heterocycles. The zero-order valence-corrected chi connectivity index (χ0v) is 13.0. The van der Waals surface area contributed by atoms with Gasteiger partial charge in [0.2, 0.25) is 0 Å². The molecule has 2 nitrogen and oxygen atoms in total. The molecule has 0 aliphatic carbocycles. The normalized spacial score (nSPS) is 10.6. The van der Waals surface area contributed by atoms with E-state index in [1.165, 1.54) is 22.4 Å². The lowest BCUT2D eigenvalue weighted by Crippen LogP contribution is -2.20. The summed E-state index contributed by atoms with van der Waals surface area (Å²) in [6.45, 7) is 3.86. The average molecular weight is 289 g/mol. The number of anilines is 1. The molecule has 0 amide bonds. The number of nitrogens with one attached hydrogen (secondary N) is 1. The highest BCUT2D eigenvalue weighted by Gasteiger charge is 2.09. The number of aryl methyl sites for hydroxylation is 1. The Morgan fingerprint density at radius 3 is 2.55 bits per heavy atom. The maximum Gasteiger partial charge on any atom is 0.0428 e. The Balaban J connectivity index is 2.25. The Bertz CT molecular complexity index is 581. The van der Waals surface area contributed by atoms with Crippen LogP contribution in [0, 0.1) is 6.92 Å². The van der Waals surface area contributed by atoms with Crippen LogP contribution in [0.15, 0.2) is 42.5 Å². The number of nitrogens with zero attached hydrogens (tertiary/aromatic N) is 1. The first-order valence-corrected chi connectivity index (χ1v) is 7.18. The van der Waals surface area contributed by atoms with Gasteiger partial charge in [-0.3, -0.25) is 0 Å². The molecule has 2 aromatic carbocycles. The highest BCUT2D eigenvalue weighted by atomic mass is 35.5. The van der Waals surface area contributed by atoms with E-state index in [-0.39, 0.29) is 0 Å². The van der Waals surface area contributed by atoms with Crippen molar-refractivity contribution >= 4 is 17.3 Å². The summed E-state index contributed by atoms with van der Waals surface area (Å²) in [5.41, 5.74) is 5.10. The molecule has 0 heterocycles. The summed E-state index contributed by atoms with van der Waals surface area (Å²) in [6.07, 6.45) is 0. The van der Waals surface area contributed by atoms with Crippen molar-refractivity contribution in [1.29, 1.82) is 0 Å². The van der Waals surface area contributed by atoms with Crippen molar-refractivity contribution in [3.63, 3.8) is 0 Å². The van der Waals surface area contributed by atoms with Gasteiger partial charge in [-0.25, -0.2) is 0 Å². The van der Waals surface area contributed by atoms with Crippen LogP contribution in [0.25, 0.3) is 0 Å². The topological polar surface area (TPSA) is 15.3 Å². The van der Waals surface area contributed by atoms with Crippen LogP contribution in [0.4, 0.5) is 5.69 Å². The number of halogens is 1. The third-order valence-corrected chi connectivity index (χ3v) is 3.72. The summed E-state index contributed by atoms with van der Waals surface area (Å²) in [5, 5.41) is 3.98. The van der Waals surface area contributed by atoms with E-state index < -0.39 is 0 Å². The molecule has 0 unspecified atom stereocenters. The molecule has 1 N–H and O–H groups in total. The van der Waals surface area contributed by atoms with Gasteiger partial charge in [-0.15, -0.1) is 0 Å². The first-order chi connectivity index (χ1) is 9.61. The molecule has 2 aromatic rings. The molecule has 0 spiro atoms. The van der Waals surface area contributed by atoms with Crippen molar-refractivity contribution in [2.24, 2.45) is 0 Å². The quantitative estimate of drug-likeness (QED) is 0.894.